The number of hydrogen-bond acceptors (Lipinski definition) is 12. The Labute approximate surface area is 400 Å². The van der Waals surface area contributed by atoms with E-state index >= 15 is 0 Å². The molecule has 3 aliphatic heterocycles. The second kappa shape index (κ2) is 22.1. The molecule has 0 radical (unpaired) electrons. The largest absolute Gasteiger partial charge is 0.493 e. The lowest BCUT2D eigenvalue weighted by Gasteiger charge is -2.41. The fourth-order valence-corrected chi connectivity index (χ4v) is 10.1. The number of amides is 5. The highest BCUT2D eigenvalue weighted by atomic mass is 32.1. The van der Waals surface area contributed by atoms with Crippen molar-refractivity contribution in [1.29, 1.82) is 0 Å². The third-order valence-corrected chi connectivity index (χ3v) is 13.9. The van der Waals surface area contributed by atoms with Gasteiger partial charge in [0.05, 0.1) is 34.1 Å². The Morgan fingerprint density at radius 2 is 1.70 bits per heavy atom. The second-order valence-electron chi connectivity index (χ2n) is 17.4. The van der Waals surface area contributed by atoms with Gasteiger partial charge in [-0.1, -0.05) is 60.2 Å². The summed E-state index contributed by atoms with van der Waals surface area (Å²) in [5.41, 5.74) is 2.72. The fraction of sp³-hybridized carbons (Fsp3) is 0.380. The molecule has 19 heteroatoms. The Balaban J connectivity index is 0.784. The van der Waals surface area contributed by atoms with Gasteiger partial charge >= 0.3 is 0 Å². The molecule has 1 atom stereocenters. The van der Waals surface area contributed by atoms with Crippen molar-refractivity contribution in [3.05, 3.63) is 129 Å². The van der Waals surface area contributed by atoms with Crippen LogP contribution in [0.25, 0.3) is 11.3 Å². The number of nitrogens with one attached hydrogen (secondary N) is 2. The zero-order chi connectivity index (χ0) is 48.5. The van der Waals surface area contributed by atoms with Crippen molar-refractivity contribution < 1.29 is 46.7 Å². The number of piperidine rings is 2. The summed E-state index contributed by atoms with van der Waals surface area (Å²) in [7, 11) is 0. The number of aromatic nitrogens is 4. The van der Waals surface area contributed by atoms with E-state index in [1.807, 2.05) is 41.2 Å². The van der Waals surface area contributed by atoms with Gasteiger partial charge in [0.2, 0.25) is 17.6 Å². The molecule has 2 N–H and O–H groups in total. The lowest BCUT2D eigenvalue weighted by molar-refractivity contribution is -0.136. The summed E-state index contributed by atoms with van der Waals surface area (Å²) in [5, 5.41) is 17.0. The van der Waals surface area contributed by atoms with Crippen LogP contribution in [0.15, 0.2) is 96.3 Å². The van der Waals surface area contributed by atoms with Gasteiger partial charge in [-0.15, -0.1) is 16.4 Å². The van der Waals surface area contributed by atoms with E-state index in [2.05, 4.69) is 31.2 Å². The first-order valence-electron chi connectivity index (χ1n) is 23.1. The molecular formula is C50H51F3N8O7S. The van der Waals surface area contributed by atoms with Crippen LogP contribution in [0.2, 0.25) is 0 Å². The number of ketones is 1. The van der Waals surface area contributed by atoms with Gasteiger partial charge in [-0.2, -0.15) is 0 Å². The van der Waals surface area contributed by atoms with Gasteiger partial charge in [-0.05, 0) is 82.3 Å². The number of imide groups is 2. The normalized spacial score (nSPS) is 17.3. The lowest BCUT2D eigenvalue weighted by atomic mass is 9.76. The molecular weight excluding hydrogens is 914 g/mol. The molecule has 0 bridgehead atoms. The minimum absolute atomic E-state index is 0.0463. The number of fused-ring (bicyclic) bond motifs is 1. The van der Waals surface area contributed by atoms with Crippen LogP contribution in [-0.4, -0.2) is 110 Å². The van der Waals surface area contributed by atoms with Crippen molar-refractivity contribution in [2.45, 2.75) is 88.6 Å². The predicted octanol–water partition coefficient (Wildman–Crippen LogP) is 7.14. The Bertz CT molecular complexity index is 2740. The number of carbonyl (C=O) groups is 6. The van der Waals surface area contributed by atoms with Crippen molar-refractivity contribution in [2.24, 2.45) is 0 Å². The molecule has 2 saturated heterocycles. The zero-order valence-electron chi connectivity index (χ0n) is 37.7. The molecule has 1 unspecified atom stereocenters. The van der Waals surface area contributed by atoms with Crippen LogP contribution in [0.3, 0.4) is 0 Å². The molecule has 360 valence electrons. The molecule has 69 heavy (non-hydrogen) atoms. The van der Waals surface area contributed by atoms with Gasteiger partial charge in [0.25, 0.3) is 24.1 Å². The van der Waals surface area contributed by atoms with Crippen LogP contribution >= 0.6 is 11.3 Å². The number of hydrogen-bond donors (Lipinski definition) is 2. The third-order valence-electron chi connectivity index (χ3n) is 12.8. The molecule has 0 spiro atoms. The van der Waals surface area contributed by atoms with Crippen molar-refractivity contribution in [1.82, 2.24) is 40.4 Å². The summed E-state index contributed by atoms with van der Waals surface area (Å²) >= 11 is 1.61. The number of likely N-dealkylation sites (tertiary alicyclic amines) is 1. The summed E-state index contributed by atoms with van der Waals surface area (Å²) in [6.07, 6.45) is 5.24. The van der Waals surface area contributed by atoms with E-state index in [1.165, 1.54) is 30.3 Å². The average molecular weight is 965 g/mol. The van der Waals surface area contributed by atoms with E-state index in [1.54, 1.807) is 23.5 Å². The molecule has 0 aliphatic carbocycles. The van der Waals surface area contributed by atoms with Crippen molar-refractivity contribution >= 4 is 46.7 Å². The first-order valence-corrected chi connectivity index (χ1v) is 24.0. The Morgan fingerprint density at radius 3 is 2.48 bits per heavy atom. The summed E-state index contributed by atoms with van der Waals surface area (Å²) in [4.78, 5) is 84.6. The topological polar surface area (TPSA) is 186 Å². The van der Waals surface area contributed by atoms with Crippen LogP contribution in [-0.2, 0) is 28.0 Å². The Hall–Kier alpha value is -6.86. The van der Waals surface area contributed by atoms with E-state index in [0.717, 1.165) is 91.4 Å². The fourth-order valence-electron chi connectivity index (χ4n) is 9.03. The summed E-state index contributed by atoms with van der Waals surface area (Å²) in [6, 6.07) is 19.1. The maximum absolute atomic E-state index is 14.0. The monoisotopic (exact) mass is 964 g/mol. The van der Waals surface area contributed by atoms with Crippen molar-refractivity contribution in [3.63, 3.8) is 0 Å². The number of Topliss-reactive ketones (excluding diaryl/α,β-unsaturated/α-hetero) is 1. The maximum atomic E-state index is 14.0. The average Bonchev–Trinajstić information content (AvgIpc) is 4.10. The van der Waals surface area contributed by atoms with Gasteiger partial charge in [0.15, 0.2) is 5.83 Å². The van der Waals surface area contributed by atoms with E-state index in [0.29, 0.717) is 31.9 Å². The van der Waals surface area contributed by atoms with E-state index in [9.17, 15) is 41.9 Å². The molecule has 5 aromatic rings. The van der Waals surface area contributed by atoms with Crippen LogP contribution in [0.4, 0.5) is 13.2 Å². The number of carbonyl (C=O) groups excluding carboxylic acids is 6. The Kier molecular flexibility index (Phi) is 15.5. The highest BCUT2D eigenvalue weighted by Crippen LogP contribution is 2.41. The van der Waals surface area contributed by atoms with Gasteiger partial charge < -0.3 is 15.0 Å². The number of alkyl halides is 2. The number of unbranched alkanes of at least 4 members (excludes halogenated alkanes) is 3. The van der Waals surface area contributed by atoms with Gasteiger partial charge in [-0.25, -0.2) is 18.2 Å². The van der Waals surface area contributed by atoms with E-state index in [4.69, 9.17) is 9.72 Å². The molecule has 2 aromatic heterocycles. The molecule has 2 fully saturated rings. The predicted molar refractivity (Wildman–Crippen MR) is 249 cm³/mol. The highest BCUT2D eigenvalue weighted by Gasteiger charge is 2.46. The number of thiazole rings is 1. The second-order valence-corrected chi connectivity index (χ2v) is 18.3. The van der Waals surface area contributed by atoms with E-state index < -0.39 is 53.6 Å². The lowest BCUT2D eigenvalue weighted by Crippen LogP contribution is -2.54. The zero-order valence-corrected chi connectivity index (χ0v) is 38.5. The van der Waals surface area contributed by atoms with Crippen LogP contribution in [0, 0.1) is 0 Å². The maximum Gasteiger partial charge on any atom is 0.266 e. The molecule has 3 aromatic carbocycles. The van der Waals surface area contributed by atoms with Crippen LogP contribution in [0.5, 0.6) is 5.75 Å². The molecule has 15 nitrogen and oxygen atoms in total. The number of ether oxygens (including phenoxy) is 1. The standard InChI is InChI=1S/C50H51F3N8O7S/c51-37(29-41(52)53)44(63)33-12-8-13-34(28-33)45(64)54-22-19-50(49-55-38(31-69-49)32-10-4-3-5-11-32)20-25-59(26-21-50)24-18-35-30-60(58-57-35)23-6-1-2-7-27-68-40-15-9-14-36-43(40)48(67)61(47(36)66)39-16-17-42(62)56-46(39)65/h3-5,8-15,28-31,39,41H,1-2,6-7,16-27H2,(H,54,64)(H,56,62,65). The van der Waals surface area contributed by atoms with Gasteiger partial charge in [-0.3, -0.25) is 43.7 Å². The molecule has 3 aliphatic rings. The third kappa shape index (κ3) is 11.5. The van der Waals surface area contributed by atoms with Crippen LogP contribution < -0.4 is 15.4 Å². The van der Waals surface area contributed by atoms with Gasteiger partial charge in [0, 0.05) is 72.2 Å². The molecule has 5 amide bonds. The SMILES string of the molecule is O=C1CCC(N2C(=O)c3cccc(OCCCCCCn4cc(CCN5CCC(CCNC(=O)c6cccc(C(=O)C(F)=CC(F)F)c6)(c6nc(-c7ccccc7)cs6)CC5)nn4)c3C2=O)C(=O)N1. The summed E-state index contributed by atoms with van der Waals surface area (Å²) in [5.74, 6) is -5.23. The quantitative estimate of drug-likeness (QED) is 0.0330. The number of benzene rings is 3. The summed E-state index contributed by atoms with van der Waals surface area (Å²) < 4.78 is 47.2. The number of aryl methyl sites for hydroxylation is 1. The summed E-state index contributed by atoms with van der Waals surface area (Å²) in [6.45, 7) is 3.75. The first kappa shape index (κ1) is 48.6. The van der Waals surface area contributed by atoms with Gasteiger partial charge in [0.1, 0.15) is 11.8 Å². The number of halogens is 3. The minimum atomic E-state index is -3.12. The molecule has 8 rings (SSSR count). The van der Waals surface area contributed by atoms with Crippen molar-refractivity contribution in [2.75, 3.05) is 32.8 Å². The smallest absolute Gasteiger partial charge is 0.266 e. The Morgan fingerprint density at radius 1 is 0.928 bits per heavy atom. The van der Waals surface area contributed by atoms with Crippen molar-refractivity contribution in [3.8, 4) is 17.0 Å². The number of allylic oxidation sites excluding steroid dienone is 2. The molecule has 5 heterocycles. The first-order chi connectivity index (χ1) is 33.4. The molecule has 0 saturated carbocycles. The number of nitrogens with zero attached hydrogens (tertiary/aromatic N) is 6. The minimum Gasteiger partial charge on any atom is -0.493 e. The number of rotatable bonds is 21. The highest BCUT2D eigenvalue weighted by molar-refractivity contribution is 7.10. The van der Waals surface area contributed by atoms with Crippen LogP contribution in [0.1, 0.15) is 110 Å². The van der Waals surface area contributed by atoms with E-state index in [-0.39, 0.29) is 46.6 Å².